The number of aryl methyl sites for hydroxylation is 1. The molecule has 1 unspecified atom stereocenters. The predicted octanol–water partition coefficient (Wildman–Crippen LogP) is 4.51. The molecule has 0 saturated carbocycles. The van der Waals surface area contributed by atoms with Gasteiger partial charge in [-0.05, 0) is 48.5 Å². The lowest BCUT2D eigenvalue weighted by Crippen LogP contribution is -2.19. The van der Waals surface area contributed by atoms with Gasteiger partial charge in [0.1, 0.15) is 5.82 Å². The van der Waals surface area contributed by atoms with Crippen LogP contribution in [0.1, 0.15) is 37.0 Å². The highest BCUT2D eigenvalue weighted by Gasteiger charge is 2.10. The molecule has 3 nitrogen and oxygen atoms in total. The molecule has 0 amide bonds. The van der Waals surface area contributed by atoms with Gasteiger partial charge in [0.05, 0.1) is 5.75 Å². The van der Waals surface area contributed by atoms with Crippen LogP contribution in [0.15, 0.2) is 39.8 Å². The van der Waals surface area contributed by atoms with Gasteiger partial charge >= 0.3 is 0 Å². The van der Waals surface area contributed by atoms with E-state index < -0.39 is 0 Å². The van der Waals surface area contributed by atoms with Crippen LogP contribution < -0.4 is 5.32 Å². The van der Waals surface area contributed by atoms with E-state index in [4.69, 9.17) is 0 Å². The number of hydrogen-bond acceptors (Lipinski definition) is 4. The molecule has 1 aromatic carbocycles. The number of halogens is 1. The van der Waals surface area contributed by atoms with Crippen LogP contribution >= 0.6 is 27.7 Å². The molecule has 1 N–H and O–H groups in total. The molecule has 21 heavy (non-hydrogen) atoms. The Bertz CT molecular complexity index is 604. The third-order valence-corrected chi connectivity index (χ3v) is 5.26. The van der Waals surface area contributed by atoms with E-state index >= 15 is 0 Å². The zero-order valence-corrected chi connectivity index (χ0v) is 15.0. The number of aromatic nitrogens is 2. The molecule has 0 aliphatic carbocycles. The Hall–Kier alpha value is -0.910. The largest absolute Gasteiger partial charge is 0.310 e. The molecule has 0 bridgehead atoms. The van der Waals surface area contributed by atoms with E-state index in [1.54, 1.807) is 11.8 Å². The molecule has 1 heterocycles. The van der Waals surface area contributed by atoms with Gasteiger partial charge in [0.25, 0.3) is 0 Å². The fourth-order valence-electron chi connectivity index (χ4n) is 2.14. The second-order valence-electron chi connectivity index (χ2n) is 4.83. The number of thioether (sulfide) groups is 1. The van der Waals surface area contributed by atoms with Crippen LogP contribution in [-0.4, -0.2) is 16.5 Å². The van der Waals surface area contributed by atoms with E-state index in [2.05, 4.69) is 64.1 Å². The van der Waals surface area contributed by atoms with Crippen LogP contribution in [0, 0.1) is 6.92 Å². The first-order chi connectivity index (χ1) is 10.1. The number of nitrogens with one attached hydrogen (secondary N) is 1. The van der Waals surface area contributed by atoms with E-state index in [1.807, 2.05) is 18.3 Å². The summed E-state index contributed by atoms with van der Waals surface area (Å²) in [6.07, 6.45) is 1.95. The van der Waals surface area contributed by atoms with Gasteiger partial charge in [-0.25, -0.2) is 9.97 Å². The first kappa shape index (κ1) is 16.5. The monoisotopic (exact) mass is 365 g/mol. The third-order valence-electron chi connectivity index (χ3n) is 3.24. The summed E-state index contributed by atoms with van der Waals surface area (Å²) in [4.78, 5) is 10.3. The van der Waals surface area contributed by atoms with Crippen molar-refractivity contribution in [2.24, 2.45) is 0 Å². The Balaban J connectivity index is 2.05. The van der Waals surface area contributed by atoms with Gasteiger partial charge in [-0.15, -0.1) is 11.8 Å². The van der Waals surface area contributed by atoms with Crippen LogP contribution in [-0.2, 0) is 5.75 Å². The third kappa shape index (κ3) is 4.53. The summed E-state index contributed by atoms with van der Waals surface area (Å²) >= 11 is 5.31. The summed E-state index contributed by atoms with van der Waals surface area (Å²) in [6.45, 7) is 7.25. The maximum atomic E-state index is 4.63. The molecule has 0 spiro atoms. The topological polar surface area (TPSA) is 37.8 Å². The van der Waals surface area contributed by atoms with Crippen molar-refractivity contribution >= 4 is 27.7 Å². The predicted molar refractivity (Wildman–Crippen MR) is 92.6 cm³/mol. The first-order valence-electron chi connectivity index (χ1n) is 7.05. The van der Waals surface area contributed by atoms with E-state index in [9.17, 15) is 0 Å². The number of rotatable bonds is 6. The van der Waals surface area contributed by atoms with Gasteiger partial charge in [-0.3, -0.25) is 0 Å². The number of nitrogens with zero attached hydrogens (tertiary/aromatic N) is 2. The van der Waals surface area contributed by atoms with Gasteiger partial charge in [-0.2, -0.15) is 0 Å². The normalized spacial score (nSPS) is 12.4. The second kappa shape index (κ2) is 7.92. The quantitative estimate of drug-likeness (QED) is 0.764. The highest BCUT2D eigenvalue weighted by molar-refractivity contribution is 9.10. The minimum Gasteiger partial charge on any atom is -0.310 e. The van der Waals surface area contributed by atoms with Crippen LogP contribution in [0.3, 0.4) is 0 Å². The van der Waals surface area contributed by atoms with Crippen molar-refractivity contribution < 1.29 is 0 Å². The second-order valence-corrected chi connectivity index (χ2v) is 6.70. The summed E-state index contributed by atoms with van der Waals surface area (Å²) in [5, 5.41) is 3.40. The maximum absolute atomic E-state index is 4.63. The molecule has 0 radical (unpaired) electrons. The van der Waals surface area contributed by atoms with Gasteiger partial charge in [-0.1, -0.05) is 19.1 Å². The molecule has 0 aliphatic heterocycles. The molecule has 2 aromatic rings. The van der Waals surface area contributed by atoms with Crippen molar-refractivity contribution in [1.29, 1.82) is 0 Å². The highest BCUT2D eigenvalue weighted by Crippen LogP contribution is 2.29. The van der Waals surface area contributed by atoms with Crippen molar-refractivity contribution in [3.63, 3.8) is 0 Å². The van der Waals surface area contributed by atoms with Gasteiger partial charge in [0.15, 0.2) is 0 Å². The lowest BCUT2D eigenvalue weighted by Gasteiger charge is -2.15. The van der Waals surface area contributed by atoms with E-state index in [0.717, 1.165) is 28.3 Å². The minimum atomic E-state index is 0.292. The van der Waals surface area contributed by atoms with E-state index in [0.29, 0.717) is 6.04 Å². The van der Waals surface area contributed by atoms with Gasteiger partial charge in [0, 0.05) is 32.9 Å². The van der Waals surface area contributed by atoms with Crippen LogP contribution in [0.4, 0.5) is 0 Å². The fraction of sp³-hybridized carbons (Fsp3) is 0.375. The standard InChI is InChI=1S/C16H20BrN3S/c1-4-18-11(2)13-9-19-16(20-12(13)3)10-21-15-8-6-5-7-14(15)17/h5-9,11,18H,4,10H2,1-3H3. The lowest BCUT2D eigenvalue weighted by molar-refractivity contribution is 0.589. The Labute approximate surface area is 139 Å². The summed E-state index contributed by atoms with van der Waals surface area (Å²) in [6, 6.07) is 8.50. The van der Waals surface area contributed by atoms with Gasteiger partial charge < -0.3 is 5.32 Å². The molecular weight excluding hydrogens is 346 g/mol. The fourth-order valence-corrected chi connectivity index (χ4v) is 3.57. The Morgan fingerprint density at radius 3 is 2.76 bits per heavy atom. The molecular formula is C16H20BrN3S. The van der Waals surface area contributed by atoms with Gasteiger partial charge in [0.2, 0.25) is 0 Å². The van der Waals surface area contributed by atoms with E-state index in [-0.39, 0.29) is 0 Å². The minimum absolute atomic E-state index is 0.292. The van der Waals surface area contributed by atoms with Crippen molar-refractivity contribution in [2.45, 2.75) is 37.5 Å². The zero-order chi connectivity index (χ0) is 15.2. The maximum Gasteiger partial charge on any atom is 0.138 e. The zero-order valence-electron chi connectivity index (χ0n) is 12.6. The molecule has 5 heteroatoms. The van der Waals surface area contributed by atoms with Crippen LogP contribution in [0.5, 0.6) is 0 Å². The smallest absolute Gasteiger partial charge is 0.138 e. The average molecular weight is 366 g/mol. The molecule has 0 fully saturated rings. The molecule has 1 aromatic heterocycles. The Morgan fingerprint density at radius 2 is 2.10 bits per heavy atom. The van der Waals surface area contributed by atoms with Crippen LogP contribution in [0.2, 0.25) is 0 Å². The molecule has 112 valence electrons. The van der Waals surface area contributed by atoms with Crippen molar-refractivity contribution in [3.05, 3.63) is 52.0 Å². The summed E-state index contributed by atoms with van der Waals surface area (Å²) in [5.74, 6) is 1.65. The summed E-state index contributed by atoms with van der Waals surface area (Å²) in [7, 11) is 0. The average Bonchev–Trinajstić information content (AvgIpc) is 2.46. The number of hydrogen-bond donors (Lipinski definition) is 1. The molecule has 2 rings (SSSR count). The Morgan fingerprint density at radius 1 is 1.33 bits per heavy atom. The summed E-state index contributed by atoms with van der Waals surface area (Å²) in [5.41, 5.74) is 2.23. The van der Waals surface area contributed by atoms with Crippen molar-refractivity contribution in [1.82, 2.24) is 15.3 Å². The Kier molecular flexibility index (Phi) is 6.21. The molecule has 0 aliphatic rings. The SMILES string of the molecule is CCNC(C)c1cnc(CSc2ccccc2Br)nc1C. The van der Waals surface area contributed by atoms with Crippen molar-refractivity contribution in [3.8, 4) is 0 Å². The summed E-state index contributed by atoms with van der Waals surface area (Å²) < 4.78 is 1.11. The first-order valence-corrected chi connectivity index (χ1v) is 8.82. The number of benzene rings is 1. The highest BCUT2D eigenvalue weighted by atomic mass is 79.9. The van der Waals surface area contributed by atoms with Crippen LogP contribution in [0.25, 0.3) is 0 Å². The van der Waals surface area contributed by atoms with E-state index in [1.165, 1.54) is 10.5 Å². The molecule has 0 saturated heterocycles. The van der Waals surface area contributed by atoms with Crippen molar-refractivity contribution in [2.75, 3.05) is 6.54 Å². The molecule has 1 atom stereocenters. The lowest BCUT2D eigenvalue weighted by atomic mass is 10.1.